The molecule has 4 N–H and O–H groups in total. The molecule has 0 amide bonds. The molecule has 0 aliphatic heterocycles. The maximum Gasteiger partial charge on any atom is 0.159 e. The van der Waals surface area contributed by atoms with E-state index in [2.05, 4.69) is 9.97 Å². The number of aromatic nitrogens is 2. The Balaban J connectivity index is 2.95. The molecule has 0 aromatic carbocycles. The van der Waals surface area contributed by atoms with Crippen LogP contribution in [0.15, 0.2) is 6.20 Å². The summed E-state index contributed by atoms with van der Waals surface area (Å²) < 4.78 is 5.05. The average Bonchev–Trinajstić information content (AvgIpc) is 2.16. The summed E-state index contributed by atoms with van der Waals surface area (Å²) in [7, 11) is 1.60. The smallest absolute Gasteiger partial charge is 0.159 e. The highest BCUT2D eigenvalue weighted by Crippen LogP contribution is 2.13. The highest BCUT2D eigenvalue weighted by Gasteiger charge is 2.08. The predicted molar refractivity (Wildman–Crippen MR) is 49.8 cm³/mol. The molecule has 5 heteroatoms. The van der Waals surface area contributed by atoms with Gasteiger partial charge in [0, 0.05) is 25.4 Å². The van der Waals surface area contributed by atoms with E-state index in [-0.39, 0.29) is 6.10 Å². The van der Waals surface area contributed by atoms with Crippen LogP contribution in [-0.2, 0) is 11.3 Å². The fourth-order valence-corrected chi connectivity index (χ4v) is 0.893. The number of nitrogens with zero attached hydrogens (tertiary/aromatic N) is 2. The zero-order chi connectivity index (χ0) is 9.84. The van der Waals surface area contributed by atoms with Crippen molar-refractivity contribution in [3.8, 4) is 0 Å². The number of ether oxygens (including phenoxy) is 1. The molecule has 1 aromatic rings. The summed E-state index contributed by atoms with van der Waals surface area (Å²) in [5.74, 6) is 1.01. The van der Waals surface area contributed by atoms with Gasteiger partial charge < -0.3 is 16.2 Å². The largest absolute Gasteiger partial charge is 0.383 e. The van der Waals surface area contributed by atoms with Crippen molar-refractivity contribution in [1.29, 1.82) is 0 Å². The molecule has 1 unspecified atom stereocenters. The highest BCUT2D eigenvalue weighted by molar-refractivity contribution is 5.37. The van der Waals surface area contributed by atoms with Gasteiger partial charge in [-0.3, -0.25) is 0 Å². The first-order chi connectivity index (χ1) is 6.19. The highest BCUT2D eigenvalue weighted by atomic mass is 16.5. The molecule has 0 aliphatic carbocycles. The molecule has 1 heterocycles. The van der Waals surface area contributed by atoms with Crippen LogP contribution in [0.2, 0.25) is 0 Å². The molecule has 0 aliphatic rings. The van der Waals surface area contributed by atoms with Crippen LogP contribution < -0.4 is 11.5 Å². The van der Waals surface area contributed by atoms with Crippen molar-refractivity contribution in [2.24, 2.45) is 5.73 Å². The summed E-state index contributed by atoms with van der Waals surface area (Å²) in [5.41, 5.74) is 11.8. The van der Waals surface area contributed by atoms with Crippen LogP contribution >= 0.6 is 0 Å². The first-order valence-corrected chi connectivity index (χ1v) is 4.03. The minimum atomic E-state index is -0.144. The Morgan fingerprint density at radius 1 is 1.62 bits per heavy atom. The van der Waals surface area contributed by atoms with E-state index in [0.717, 1.165) is 5.56 Å². The van der Waals surface area contributed by atoms with Crippen LogP contribution in [0, 0.1) is 0 Å². The number of nitrogen functional groups attached to an aromatic ring is 1. The molecule has 0 bridgehead atoms. The molecule has 0 fully saturated rings. The molecule has 1 aromatic heterocycles. The van der Waals surface area contributed by atoms with Gasteiger partial charge in [0.2, 0.25) is 0 Å². The van der Waals surface area contributed by atoms with Crippen LogP contribution in [0.4, 0.5) is 5.82 Å². The van der Waals surface area contributed by atoms with Crippen LogP contribution in [0.3, 0.4) is 0 Å². The molecule has 5 nitrogen and oxygen atoms in total. The standard InChI is InChI=1S/C8H14N4O/c1-5(13-2)8-11-4-6(3-9)7(10)12-8/h4-5H,3,9H2,1-2H3,(H2,10,11,12). The summed E-state index contributed by atoms with van der Waals surface area (Å²) in [6, 6.07) is 0. The summed E-state index contributed by atoms with van der Waals surface area (Å²) in [5, 5.41) is 0. The molecule has 0 spiro atoms. The van der Waals surface area contributed by atoms with Crippen LogP contribution in [0.25, 0.3) is 0 Å². The van der Waals surface area contributed by atoms with Crippen LogP contribution in [-0.4, -0.2) is 17.1 Å². The normalized spacial score (nSPS) is 12.8. The van der Waals surface area contributed by atoms with Gasteiger partial charge in [0.05, 0.1) is 0 Å². The summed E-state index contributed by atoms with van der Waals surface area (Å²) >= 11 is 0. The van der Waals surface area contributed by atoms with Crippen molar-refractivity contribution in [2.45, 2.75) is 19.6 Å². The van der Waals surface area contributed by atoms with E-state index in [9.17, 15) is 0 Å². The number of methoxy groups -OCH3 is 1. The number of rotatable bonds is 3. The first-order valence-electron chi connectivity index (χ1n) is 4.03. The number of nitrogens with two attached hydrogens (primary N) is 2. The van der Waals surface area contributed by atoms with Gasteiger partial charge in [0.25, 0.3) is 0 Å². The van der Waals surface area contributed by atoms with E-state index in [0.29, 0.717) is 18.2 Å². The number of anilines is 1. The molecule has 72 valence electrons. The second kappa shape index (κ2) is 4.15. The van der Waals surface area contributed by atoms with E-state index >= 15 is 0 Å². The Labute approximate surface area is 77.1 Å². The topological polar surface area (TPSA) is 87.0 Å². The lowest BCUT2D eigenvalue weighted by Gasteiger charge is -2.09. The average molecular weight is 182 g/mol. The van der Waals surface area contributed by atoms with E-state index in [1.165, 1.54) is 0 Å². The van der Waals surface area contributed by atoms with Crippen molar-refractivity contribution in [1.82, 2.24) is 9.97 Å². The Morgan fingerprint density at radius 2 is 2.31 bits per heavy atom. The monoisotopic (exact) mass is 182 g/mol. The van der Waals surface area contributed by atoms with Crippen LogP contribution in [0.1, 0.15) is 24.4 Å². The van der Waals surface area contributed by atoms with Crippen molar-refractivity contribution in [3.63, 3.8) is 0 Å². The minimum absolute atomic E-state index is 0.144. The van der Waals surface area contributed by atoms with Crippen molar-refractivity contribution in [3.05, 3.63) is 17.6 Å². The Kier molecular flexibility index (Phi) is 3.16. The Morgan fingerprint density at radius 3 is 2.77 bits per heavy atom. The van der Waals surface area contributed by atoms with Gasteiger partial charge in [-0.25, -0.2) is 9.97 Å². The lowest BCUT2D eigenvalue weighted by molar-refractivity contribution is 0.112. The third-order valence-electron chi connectivity index (χ3n) is 1.85. The van der Waals surface area contributed by atoms with E-state index < -0.39 is 0 Å². The first kappa shape index (κ1) is 9.88. The van der Waals surface area contributed by atoms with E-state index in [4.69, 9.17) is 16.2 Å². The molecular weight excluding hydrogens is 168 g/mol. The second-order valence-electron chi connectivity index (χ2n) is 2.72. The second-order valence-corrected chi connectivity index (χ2v) is 2.72. The number of hydrogen-bond acceptors (Lipinski definition) is 5. The van der Waals surface area contributed by atoms with Crippen molar-refractivity contribution in [2.75, 3.05) is 12.8 Å². The lowest BCUT2D eigenvalue weighted by atomic mass is 10.3. The van der Waals surface area contributed by atoms with Gasteiger partial charge in [-0.2, -0.15) is 0 Å². The molecular formula is C8H14N4O. The molecule has 1 atom stereocenters. The quantitative estimate of drug-likeness (QED) is 0.698. The molecule has 0 saturated heterocycles. The summed E-state index contributed by atoms with van der Waals surface area (Å²) in [6.07, 6.45) is 1.49. The zero-order valence-electron chi connectivity index (χ0n) is 7.82. The SMILES string of the molecule is COC(C)c1ncc(CN)c(N)n1. The Bertz CT molecular complexity index is 289. The third-order valence-corrected chi connectivity index (χ3v) is 1.85. The minimum Gasteiger partial charge on any atom is -0.383 e. The Hall–Kier alpha value is -1.20. The fraction of sp³-hybridized carbons (Fsp3) is 0.500. The zero-order valence-corrected chi connectivity index (χ0v) is 7.82. The maximum atomic E-state index is 5.64. The van der Waals surface area contributed by atoms with Gasteiger partial charge in [-0.1, -0.05) is 0 Å². The summed E-state index contributed by atoms with van der Waals surface area (Å²) in [6.45, 7) is 2.21. The maximum absolute atomic E-state index is 5.64. The lowest BCUT2D eigenvalue weighted by Crippen LogP contribution is -2.09. The van der Waals surface area contributed by atoms with Gasteiger partial charge in [0.1, 0.15) is 11.9 Å². The molecule has 0 saturated carbocycles. The molecule has 0 radical (unpaired) electrons. The van der Waals surface area contributed by atoms with E-state index in [1.807, 2.05) is 6.92 Å². The summed E-state index contributed by atoms with van der Waals surface area (Å²) in [4.78, 5) is 8.16. The number of hydrogen-bond donors (Lipinski definition) is 2. The molecule has 1 rings (SSSR count). The van der Waals surface area contributed by atoms with Gasteiger partial charge in [-0.05, 0) is 6.92 Å². The van der Waals surface area contributed by atoms with E-state index in [1.54, 1.807) is 13.3 Å². The van der Waals surface area contributed by atoms with Crippen molar-refractivity contribution >= 4 is 5.82 Å². The third kappa shape index (κ3) is 2.13. The molecule has 13 heavy (non-hydrogen) atoms. The fourth-order valence-electron chi connectivity index (χ4n) is 0.893. The van der Waals surface area contributed by atoms with Gasteiger partial charge >= 0.3 is 0 Å². The van der Waals surface area contributed by atoms with Crippen molar-refractivity contribution < 1.29 is 4.74 Å². The van der Waals surface area contributed by atoms with Gasteiger partial charge in [-0.15, -0.1) is 0 Å². The predicted octanol–water partition coefficient (Wildman–Crippen LogP) is 0.225. The van der Waals surface area contributed by atoms with Gasteiger partial charge in [0.15, 0.2) is 5.82 Å². The van der Waals surface area contributed by atoms with Crippen LogP contribution in [0.5, 0.6) is 0 Å².